The van der Waals surface area contributed by atoms with Gasteiger partial charge in [-0.3, -0.25) is 19.5 Å². The third kappa shape index (κ3) is 3.89. The molecule has 3 aromatic heterocycles. The maximum absolute atomic E-state index is 13.3. The van der Waals surface area contributed by atoms with Crippen LogP contribution in [0, 0.1) is 0 Å². The van der Waals surface area contributed by atoms with E-state index in [1.165, 1.54) is 33.6 Å². The van der Waals surface area contributed by atoms with Gasteiger partial charge in [0.2, 0.25) is 11.0 Å². The minimum atomic E-state index is -0.715. The molecule has 0 saturated heterocycles. The number of carbonyl (C=O) groups is 1. The average Bonchev–Trinajstić information content (AvgIpc) is 3.38. The fourth-order valence-electron chi connectivity index (χ4n) is 3.18. The zero-order valence-electron chi connectivity index (χ0n) is 16.4. The Morgan fingerprint density at radius 1 is 1.27 bits per heavy atom. The normalized spacial score (nSPS) is 12.2. The van der Waals surface area contributed by atoms with Crippen molar-refractivity contribution in [2.75, 3.05) is 12.4 Å². The summed E-state index contributed by atoms with van der Waals surface area (Å²) in [4.78, 5) is 31.3. The van der Waals surface area contributed by atoms with Crippen LogP contribution in [0.3, 0.4) is 0 Å². The molecule has 30 heavy (non-hydrogen) atoms. The molecule has 1 aromatic carbocycles. The van der Waals surface area contributed by atoms with Gasteiger partial charge < -0.3 is 4.74 Å². The predicted molar refractivity (Wildman–Crippen MR) is 118 cm³/mol. The number of benzene rings is 1. The maximum Gasteiger partial charge on any atom is 0.263 e. The molecule has 10 heteroatoms. The summed E-state index contributed by atoms with van der Waals surface area (Å²) in [5, 5.41) is 14.2. The lowest BCUT2D eigenvalue weighted by atomic mass is 10.1. The van der Waals surface area contributed by atoms with E-state index in [1.807, 2.05) is 42.6 Å². The molecule has 0 aliphatic heterocycles. The largest absolute Gasteiger partial charge is 0.377 e. The maximum atomic E-state index is 13.3. The van der Waals surface area contributed by atoms with Gasteiger partial charge in [-0.25, -0.2) is 4.98 Å². The molecule has 0 spiro atoms. The molecule has 0 bridgehead atoms. The van der Waals surface area contributed by atoms with Crippen LogP contribution in [0.15, 0.2) is 46.8 Å². The molecule has 0 radical (unpaired) electrons. The van der Waals surface area contributed by atoms with Crippen LogP contribution in [0.2, 0.25) is 0 Å². The van der Waals surface area contributed by atoms with Crippen molar-refractivity contribution in [2.24, 2.45) is 0 Å². The first-order valence-corrected chi connectivity index (χ1v) is 11.0. The number of anilines is 1. The summed E-state index contributed by atoms with van der Waals surface area (Å²) in [7, 11) is 1.57. The van der Waals surface area contributed by atoms with Gasteiger partial charge in [0, 0.05) is 18.1 Å². The Balaban J connectivity index is 1.69. The molecule has 1 N–H and O–H groups in total. The zero-order chi connectivity index (χ0) is 21.1. The van der Waals surface area contributed by atoms with Crippen LogP contribution in [0.4, 0.5) is 5.13 Å². The van der Waals surface area contributed by atoms with Crippen LogP contribution >= 0.6 is 22.7 Å². The smallest absolute Gasteiger partial charge is 0.263 e. The lowest BCUT2D eigenvalue weighted by Crippen LogP contribution is -2.33. The molecule has 3 heterocycles. The van der Waals surface area contributed by atoms with Crippen LogP contribution in [0.25, 0.3) is 21.3 Å². The predicted octanol–water partition coefficient (Wildman–Crippen LogP) is 3.71. The Morgan fingerprint density at radius 3 is 2.80 bits per heavy atom. The van der Waals surface area contributed by atoms with Crippen molar-refractivity contribution in [3.63, 3.8) is 0 Å². The van der Waals surface area contributed by atoms with Crippen LogP contribution < -0.4 is 10.9 Å². The Kier molecular flexibility index (Phi) is 5.98. The van der Waals surface area contributed by atoms with Crippen molar-refractivity contribution in [3.05, 3.63) is 57.4 Å². The minimum absolute atomic E-state index is 0.237. The first-order chi connectivity index (χ1) is 14.6. The topological polar surface area (TPSA) is 99.0 Å². The number of nitrogens with one attached hydrogen (secondary N) is 1. The van der Waals surface area contributed by atoms with Crippen molar-refractivity contribution in [2.45, 2.75) is 26.0 Å². The minimum Gasteiger partial charge on any atom is -0.377 e. The van der Waals surface area contributed by atoms with Crippen LogP contribution in [-0.4, -0.2) is 32.8 Å². The fraction of sp³-hybridized carbons (Fsp3) is 0.250. The summed E-state index contributed by atoms with van der Waals surface area (Å²) < 4.78 is 6.42. The highest BCUT2D eigenvalue weighted by Gasteiger charge is 2.23. The number of carbonyl (C=O) groups excluding carboxylic acids is 1. The SMILES string of the molecule is CCC(C(=O)Nc1nnc(COC)s1)n1cnc2scc(-c3ccccc3)c2c1=O. The third-order valence-electron chi connectivity index (χ3n) is 4.59. The third-order valence-corrected chi connectivity index (χ3v) is 6.29. The number of hydrogen-bond acceptors (Lipinski definition) is 8. The molecule has 4 rings (SSSR count). The molecule has 8 nitrogen and oxygen atoms in total. The van der Waals surface area contributed by atoms with Crippen LogP contribution in [0.5, 0.6) is 0 Å². The van der Waals surface area contributed by atoms with Crippen LogP contribution in [-0.2, 0) is 16.1 Å². The number of ether oxygens (including phenoxy) is 1. The molecular formula is C20H19N5O3S2. The average molecular weight is 442 g/mol. The molecule has 1 amide bonds. The van der Waals surface area contributed by atoms with Gasteiger partial charge >= 0.3 is 0 Å². The van der Waals surface area contributed by atoms with E-state index in [0.29, 0.717) is 33.4 Å². The molecule has 1 atom stereocenters. The zero-order valence-corrected chi connectivity index (χ0v) is 18.0. The Labute approximate surface area is 180 Å². The Morgan fingerprint density at radius 2 is 2.07 bits per heavy atom. The van der Waals surface area contributed by atoms with Crippen molar-refractivity contribution in [1.82, 2.24) is 19.7 Å². The second-order valence-electron chi connectivity index (χ2n) is 6.50. The van der Waals surface area contributed by atoms with Crippen molar-refractivity contribution in [3.8, 4) is 11.1 Å². The van der Waals surface area contributed by atoms with E-state index in [4.69, 9.17) is 4.74 Å². The number of nitrogens with zero attached hydrogens (tertiary/aromatic N) is 4. The van der Waals surface area contributed by atoms with Gasteiger partial charge in [-0.05, 0) is 12.0 Å². The number of methoxy groups -OCH3 is 1. The molecule has 4 aromatic rings. The summed E-state index contributed by atoms with van der Waals surface area (Å²) in [5.41, 5.74) is 1.53. The summed E-state index contributed by atoms with van der Waals surface area (Å²) >= 11 is 2.65. The molecule has 0 fully saturated rings. The molecule has 0 aliphatic rings. The second kappa shape index (κ2) is 8.82. The first kappa shape index (κ1) is 20.3. The molecule has 0 aliphatic carbocycles. The number of aromatic nitrogens is 4. The van der Waals surface area contributed by atoms with E-state index in [0.717, 1.165) is 11.1 Å². The van der Waals surface area contributed by atoms with Gasteiger partial charge in [0.15, 0.2) is 0 Å². The molecular weight excluding hydrogens is 422 g/mol. The van der Waals surface area contributed by atoms with E-state index in [1.54, 1.807) is 7.11 Å². The van der Waals surface area contributed by atoms with Crippen molar-refractivity contribution < 1.29 is 9.53 Å². The van der Waals surface area contributed by atoms with E-state index in [-0.39, 0.29) is 11.5 Å². The summed E-state index contributed by atoms with van der Waals surface area (Å²) in [6.45, 7) is 2.17. The molecule has 154 valence electrons. The Hall–Kier alpha value is -2.95. The van der Waals surface area contributed by atoms with Crippen LogP contribution in [0.1, 0.15) is 24.4 Å². The van der Waals surface area contributed by atoms with Gasteiger partial charge in [-0.1, -0.05) is 48.6 Å². The summed E-state index contributed by atoms with van der Waals surface area (Å²) in [6.07, 6.45) is 1.87. The summed E-state index contributed by atoms with van der Waals surface area (Å²) in [6, 6.07) is 8.97. The monoisotopic (exact) mass is 441 g/mol. The first-order valence-electron chi connectivity index (χ1n) is 9.28. The highest BCUT2D eigenvalue weighted by molar-refractivity contribution is 7.17. The molecule has 1 unspecified atom stereocenters. The van der Waals surface area contributed by atoms with Crippen molar-refractivity contribution in [1.29, 1.82) is 0 Å². The van der Waals surface area contributed by atoms with E-state index < -0.39 is 6.04 Å². The van der Waals surface area contributed by atoms with Gasteiger partial charge in [0.1, 0.15) is 22.5 Å². The number of amides is 1. The van der Waals surface area contributed by atoms with Gasteiger partial charge in [-0.15, -0.1) is 21.5 Å². The fourth-order valence-corrected chi connectivity index (χ4v) is 4.80. The quantitative estimate of drug-likeness (QED) is 0.469. The number of thiophene rings is 1. The van der Waals surface area contributed by atoms with E-state index in [9.17, 15) is 9.59 Å². The van der Waals surface area contributed by atoms with E-state index in [2.05, 4.69) is 20.5 Å². The number of hydrogen-bond donors (Lipinski definition) is 1. The van der Waals surface area contributed by atoms with Gasteiger partial charge in [0.25, 0.3) is 5.56 Å². The number of fused-ring (bicyclic) bond motifs is 1. The highest BCUT2D eigenvalue weighted by atomic mass is 32.1. The standard InChI is InChI=1S/C20H19N5O3S2/c1-3-14(17(26)22-20-24-23-15(30-20)9-28-2)25-11-21-18-16(19(25)27)13(10-29-18)12-7-5-4-6-8-12/h4-8,10-11,14H,3,9H2,1-2H3,(H,22,24,26). The van der Waals surface area contributed by atoms with Gasteiger partial charge in [0.05, 0.1) is 11.7 Å². The second-order valence-corrected chi connectivity index (χ2v) is 8.42. The van der Waals surface area contributed by atoms with Gasteiger partial charge in [-0.2, -0.15) is 0 Å². The lowest BCUT2D eigenvalue weighted by molar-refractivity contribution is -0.119. The number of rotatable bonds is 7. The van der Waals surface area contributed by atoms with Crippen molar-refractivity contribution >= 4 is 43.9 Å². The van der Waals surface area contributed by atoms with E-state index >= 15 is 0 Å². The highest BCUT2D eigenvalue weighted by Crippen LogP contribution is 2.31. The summed E-state index contributed by atoms with van der Waals surface area (Å²) in [5.74, 6) is -0.336. The molecule has 0 saturated carbocycles. The Bertz CT molecular complexity index is 1230. The lowest BCUT2D eigenvalue weighted by Gasteiger charge is -2.16.